The first-order valence-corrected chi connectivity index (χ1v) is 16.1. The van der Waals surface area contributed by atoms with Gasteiger partial charge in [0.15, 0.2) is 0 Å². The molecule has 3 heterocycles. The van der Waals surface area contributed by atoms with E-state index in [2.05, 4.69) is 49.1 Å². The Hall–Kier alpha value is -3.32. The zero-order valence-corrected chi connectivity index (χ0v) is 26.9. The monoisotopic (exact) mass is 617 g/mol. The largest absolute Gasteiger partial charge is 0.447 e. The molecule has 43 heavy (non-hydrogen) atoms. The van der Waals surface area contributed by atoms with Gasteiger partial charge in [-0.1, -0.05) is 77.4 Å². The molecule has 0 bridgehead atoms. The van der Waals surface area contributed by atoms with Crippen molar-refractivity contribution in [1.82, 2.24) is 19.5 Å². The van der Waals surface area contributed by atoms with Crippen molar-refractivity contribution in [2.75, 3.05) is 12.3 Å². The van der Waals surface area contributed by atoms with Crippen molar-refractivity contribution in [2.24, 2.45) is 0 Å². The second-order valence-corrected chi connectivity index (χ2v) is 11.1. The zero-order valence-electron chi connectivity index (χ0n) is 26.1. The van der Waals surface area contributed by atoms with Crippen LogP contribution in [0.15, 0.2) is 53.5 Å². The average Bonchev–Trinajstić information content (AvgIpc) is 3.62. The number of alkyl halides is 3. The van der Waals surface area contributed by atoms with E-state index in [1.807, 2.05) is 13.8 Å². The van der Waals surface area contributed by atoms with Crippen molar-refractivity contribution in [3.05, 3.63) is 59.6 Å². The molecule has 1 saturated carbocycles. The highest BCUT2D eigenvalue weighted by Gasteiger charge is 2.32. The van der Waals surface area contributed by atoms with Gasteiger partial charge in [0, 0.05) is 24.2 Å². The van der Waals surface area contributed by atoms with Crippen LogP contribution in [0.1, 0.15) is 114 Å². The molecular formula is C33H46F3N5OS. The predicted octanol–water partition coefficient (Wildman–Crippen LogP) is 9.18. The van der Waals surface area contributed by atoms with Crippen LogP contribution in [0.4, 0.5) is 18.9 Å². The number of carbonyl (C=O) groups is 1. The lowest BCUT2D eigenvalue weighted by Gasteiger charge is -2.07. The highest BCUT2D eigenvalue weighted by atomic mass is 32.2. The van der Waals surface area contributed by atoms with E-state index in [0.29, 0.717) is 22.8 Å². The highest BCUT2D eigenvalue weighted by molar-refractivity contribution is 8.00. The van der Waals surface area contributed by atoms with Gasteiger partial charge < -0.3 is 15.5 Å². The zero-order chi connectivity index (χ0) is 31.8. The lowest BCUT2D eigenvalue weighted by Crippen LogP contribution is -2.23. The Balaban J connectivity index is 0.000000391. The SMILES string of the molecule is CC.CCC/C=C(/CC)CCCCC.Nc1cccn2c(SC(F)(F)F)c(C#CCNC(=O)c3cnn(C4CC4)c3)cc12. The summed E-state index contributed by atoms with van der Waals surface area (Å²) in [4.78, 5) is 12.1. The van der Waals surface area contributed by atoms with Gasteiger partial charge in [-0.3, -0.25) is 9.48 Å². The van der Waals surface area contributed by atoms with Gasteiger partial charge in [-0.05, 0) is 56.7 Å². The molecule has 3 aromatic heterocycles. The Morgan fingerprint density at radius 2 is 1.95 bits per heavy atom. The Morgan fingerprint density at radius 3 is 2.58 bits per heavy atom. The first-order chi connectivity index (χ1) is 20.7. The van der Waals surface area contributed by atoms with Crippen LogP contribution in [-0.4, -0.2) is 32.1 Å². The molecule has 236 valence electrons. The van der Waals surface area contributed by atoms with Crippen molar-refractivity contribution in [3.8, 4) is 11.8 Å². The lowest BCUT2D eigenvalue weighted by atomic mass is 10.0. The number of allylic oxidation sites excluding steroid dienone is 2. The number of fused-ring (bicyclic) bond motifs is 1. The summed E-state index contributed by atoms with van der Waals surface area (Å²) in [6.45, 7) is 10.8. The normalized spacial score (nSPS) is 12.9. The molecule has 1 fully saturated rings. The number of anilines is 1. The molecule has 0 radical (unpaired) electrons. The predicted molar refractivity (Wildman–Crippen MR) is 172 cm³/mol. The van der Waals surface area contributed by atoms with Crippen molar-refractivity contribution < 1.29 is 18.0 Å². The number of hydrogen-bond donors (Lipinski definition) is 2. The van der Waals surface area contributed by atoms with E-state index in [1.165, 1.54) is 67.8 Å². The quantitative estimate of drug-likeness (QED) is 0.0973. The summed E-state index contributed by atoms with van der Waals surface area (Å²) in [5.41, 5.74) is 4.49. The smallest absolute Gasteiger partial charge is 0.397 e. The minimum atomic E-state index is -4.47. The minimum absolute atomic E-state index is 0.00869. The second-order valence-electron chi connectivity index (χ2n) is 10.0. The number of nitrogen functional groups attached to an aromatic ring is 1. The molecule has 3 aromatic rings. The molecule has 1 amide bonds. The Labute approximate surface area is 258 Å². The Bertz CT molecular complexity index is 1380. The van der Waals surface area contributed by atoms with Crippen LogP contribution in [0, 0.1) is 11.8 Å². The molecule has 0 aromatic carbocycles. The summed E-state index contributed by atoms with van der Waals surface area (Å²) in [7, 11) is 0. The van der Waals surface area contributed by atoms with Gasteiger partial charge in [0.25, 0.3) is 5.91 Å². The third-order valence-corrected chi connectivity index (χ3v) is 7.47. The van der Waals surface area contributed by atoms with Crippen molar-refractivity contribution in [2.45, 2.75) is 109 Å². The second kappa shape index (κ2) is 18.4. The van der Waals surface area contributed by atoms with E-state index < -0.39 is 5.51 Å². The van der Waals surface area contributed by atoms with E-state index in [1.54, 1.807) is 28.6 Å². The average molecular weight is 618 g/mol. The van der Waals surface area contributed by atoms with Gasteiger partial charge in [0.05, 0.1) is 41.1 Å². The number of nitrogens with two attached hydrogens (primary N) is 1. The summed E-state index contributed by atoms with van der Waals surface area (Å²) in [5.74, 6) is 5.09. The molecule has 4 rings (SSSR count). The number of aromatic nitrogens is 3. The van der Waals surface area contributed by atoms with Gasteiger partial charge >= 0.3 is 5.51 Å². The third-order valence-electron chi connectivity index (χ3n) is 6.63. The maximum absolute atomic E-state index is 13.0. The van der Waals surface area contributed by atoms with Crippen molar-refractivity contribution in [1.29, 1.82) is 0 Å². The number of pyridine rings is 1. The molecule has 10 heteroatoms. The van der Waals surface area contributed by atoms with E-state index >= 15 is 0 Å². The van der Waals surface area contributed by atoms with E-state index in [9.17, 15) is 18.0 Å². The number of thioether (sulfide) groups is 1. The van der Waals surface area contributed by atoms with Crippen LogP contribution < -0.4 is 11.1 Å². The number of nitrogens with zero attached hydrogens (tertiary/aromatic N) is 3. The molecule has 0 unspecified atom stereocenters. The van der Waals surface area contributed by atoms with Crippen LogP contribution >= 0.6 is 11.8 Å². The fourth-order valence-electron chi connectivity index (χ4n) is 4.23. The van der Waals surface area contributed by atoms with Crippen molar-refractivity contribution in [3.63, 3.8) is 0 Å². The molecule has 6 nitrogen and oxygen atoms in total. The number of hydrogen-bond acceptors (Lipinski definition) is 4. The molecule has 0 spiro atoms. The maximum Gasteiger partial charge on any atom is 0.447 e. The van der Waals surface area contributed by atoms with Gasteiger partial charge in [0.2, 0.25) is 0 Å². The van der Waals surface area contributed by atoms with Gasteiger partial charge in [-0.25, -0.2) is 0 Å². The summed E-state index contributed by atoms with van der Waals surface area (Å²) < 4.78 is 42.1. The lowest BCUT2D eigenvalue weighted by molar-refractivity contribution is -0.0329. The summed E-state index contributed by atoms with van der Waals surface area (Å²) >= 11 is -0.249. The van der Waals surface area contributed by atoms with E-state index in [4.69, 9.17) is 5.73 Å². The van der Waals surface area contributed by atoms with Crippen LogP contribution in [0.5, 0.6) is 0 Å². The van der Waals surface area contributed by atoms with Gasteiger partial charge in [-0.15, -0.1) is 0 Å². The Kier molecular flexibility index (Phi) is 15.3. The number of carbonyl (C=O) groups excluding carboxylic acids is 1. The summed E-state index contributed by atoms with van der Waals surface area (Å²) in [6, 6.07) is 5.06. The third kappa shape index (κ3) is 12.1. The Morgan fingerprint density at radius 1 is 1.21 bits per heavy atom. The van der Waals surface area contributed by atoms with Crippen LogP contribution in [-0.2, 0) is 0 Å². The summed E-state index contributed by atoms with van der Waals surface area (Å²) in [6.07, 6.45) is 18.5. The van der Waals surface area contributed by atoms with E-state index in [0.717, 1.165) is 12.8 Å². The molecular weight excluding hydrogens is 571 g/mol. The molecule has 1 aliphatic carbocycles. The summed E-state index contributed by atoms with van der Waals surface area (Å²) in [5, 5.41) is 6.71. The standard InChI is InChI=1S/C19H16F3N5OS.C12H24.C2H6/c20-19(21,22)29-18-12(9-16-15(23)4-2-8-26(16)18)3-1-7-24-17(28)13-10-25-27(11-13)14-5-6-14;1-4-7-9-11-12(6-3)10-8-5-2;1-2/h2,4,8-11,14H,5-7,23H2,(H,24,28);10H,4-9,11H2,1-3H3;1-2H3/b;12-10-;. The van der Waals surface area contributed by atoms with E-state index in [-0.39, 0.29) is 34.8 Å². The fourth-order valence-corrected chi connectivity index (χ4v) is 4.93. The molecule has 0 saturated heterocycles. The van der Waals surface area contributed by atoms with Crippen LogP contribution in [0.3, 0.4) is 0 Å². The highest BCUT2D eigenvalue weighted by Crippen LogP contribution is 2.40. The van der Waals surface area contributed by atoms with Crippen LogP contribution in [0.25, 0.3) is 5.52 Å². The number of halogens is 3. The number of amides is 1. The minimum Gasteiger partial charge on any atom is -0.397 e. The maximum atomic E-state index is 13.0. The molecule has 1 aliphatic rings. The molecule has 0 aliphatic heterocycles. The van der Waals surface area contributed by atoms with Gasteiger partial charge in [0.1, 0.15) is 5.03 Å². The topological polar surface area (TPSA) is 77.3 Å². The number of unbranched alkanes of at least 4 members (excludes halogenated alkanes) is 3. The number of nitrogens with one attached hydrogen (secondary N) is 1. The molecule has 0 atom stereocenters. The number of rotatable bonds is 11. The fraction of sp³-hybridized carbons (Fsp3) is 0.515. The van der Waals surface area contributed by atoms with Gasteiger partial charge in [-0.2, -0.15) is 18.3 Å². The van der Waals surface area contributed by atoms with Crippen LogP contribution in [0.2, 0.25) is 0 Å². The van der Waals surface area contributed by atoms with Crippen molar-refractivity contribution >= 4 is 28.9 Å². The first-order valence-electron chi connectivity index (χ1n) is 15.3. The molecule has 3 N–H and O–H groups in total. The first kappa shape index (κ1) is 35.9.